The van der Waals surface area contributed by atoms with Gasteiger partial charge in [0.2, 0.25) is 17.7 Å². The van der Waals surface area contributed by atoms with Gasteiger partial charge in [-0.2, -0.15) is 0 Å². The van der Waals surface area contributed by atoms with Crippen molar-refractivity contribution in [1.29, 1.82) is 5.41 Å². The van der Waals surface area contributed by atoms with E-state index in [2.05, 4.69) is 21.3 Å². The molecule has 0 aliphatic carbocycles. The Labute approximate surface area is 170 Å². The maximum atomic E-state index is 12.4. The SMILES string of the molecule is CC(C)C[C@H](NC(=O)CN)C(=O)N[C@@H](C)C(=O)N[C@@H](CCCNC(=N)N)C(=O)O. The highest BCUT2D eigenvalue weighted by Crippen LogP contribution is 2.06. The Morgan fingerprint density at radius 2 is 1.62 bits per heavy atom. The Morgan fingerprint density at radius 3 is 2.10 bits per heavy atom. The summed E-state index contributed by atoms with van der Waals surface area (Å²) in [6.45, 7) is 5.20. The molecule has 0 rings (SSSR count). The zero-order chi connectivity index (χ0) is 22.6. The first-order valence-electron chi connectivity index (χ1n) is 9.38. The van der Waals surface area contributed by atoms with Crippen molar-refractivity contribution in [3.05, 3.63) is 0 Å². The van der Waals surface area contributed by atoms with Gasteiger partial charge in [0.05, 0.1) is 6.54 Å². The molecule has 0 unspecified atom stereocenters. The number of aliphatic carboxylic acids is 1. The number of hydrogen-bond donors (Lipinski definition) is 8. The Balaban J connectivity index is 4.79. The minimum Gasteiger partial charge on any atom is -0.480 e. The van der Waals surface area contributed by atoms with Gasteiger partial charge in [0.1, 0.15) is 18.1 Å². The zero-order valence-corrected chi connectivity index (χ0v) is 17.1. The van der Waals surface area contributed by atoms with Gasteiger partial charge < -0.3 is 37.8 Å². The van der Waals surface area contributed by atoms with E-state index in [4.69, 9.17) is 16.9 Å². The number of hydrogen-bond acceptors (Lipinski definition) is 6. The Morgan fingerprint density at radius 1 is 1.00 bits per heavy atom. The number of guanidine groups is 1. The topological polar surface area (TPSA) is 213 Å². The summed E-state index contributed by atoms with van der Waals surface area (Å²) in [7, 11) is 0. The summed E-state index contributed by atoms with van der Waals surface area (Å²) in [5, 5.41) is 26.2. The first-order chi connectivity index (χ1) is 13.5. The fourth-order valence-corrected chi connectivity index (χ4v) is 2.42. The summed E-state index contributed by atoms with van der Waals surface area (Å²) in [6, 6.07) is -3.02. The van der Waals surface area contributed by atoms with Crippen LogP contribution in [0, 0.1) is 11.3 Å². The van der Waals surface area contributed by atoms with Crippen LogP contribution in [0.2, 0.25) is 0 Å². The van der Waals surface area contributed by atoms with Gasteiger partial charge in [-0.05, 0) is 32.1 Å². The largest absolute Gasteiger partial charge is 0.480 e. The van der Waals surface area contributed by atoms with E-state index in [-0.39, 0.29) is 24.8 Å². The van der Waals surface area contributed by atoms with Crippen molar-refractivity contribution in [2.45, 2.75) is 58.2 Å². The molecule has 0 bridgehead atoms. The molecule has 0 spiro atoms. The van der Waals surface area contributed by atoms with Crippen LogP contribution in [0.4, 0.5) is 0 Å². The third kappa shape index (κ3) is 11.5. The molecule has 29 heavy (non-hydrogen) atoms. The highest BCUT2D eigenvalue weighted by atomic mass is 16.4. The summed E-state index contributed by atoms with van der Waals surface area (Å²) < 4.78 is 0. The molecule has 12 nitrogen and oxygen atoms in total. The first kappa shape index (κ1) is 26.1. The fraction of sp³-hybridized carbons (Fsp3) is 0.706. The van der Waals surface area contributed by atoms with Gasteiger partial charge in [0.25, 0.3) is 0 Å². The molecular formula is C17H33N7O5. The molecule has 0 aromatic carbocycles. The number of carboxylic acids is 1. The minimum absolute atomic E-state index is 0.105. The summed E-state index contributed by atoms with van der Waals surface area (Å²) in [6.07, 6.45) is 0.830. The van der Waals surface area contributed by atoms with Crippen molar-refractivity contribution in [2.75, 3.05) is 13.1 Å². The van der Waals surface area contributed by atoms with E-state index in [1.807, 2.05) is 13.8 Å². The fourth-order valence-electron chi connectivity index (χ4n) is 2.42. The Hall–Kier alpha value is -2.89. The zero-order valence-electron chi connectivity index (χ0n) is 17.1. The molecule has 12 heteroatoms. The smallest absolute Gasteiger partial charge is 0.326 e. The van der Waals surface area contributed by atoms with E-state index >= 15 is 0 Å². The summed E-state index contributed by atoms with van der Waals surface area (Å²) in [5.74, 6) is -3.05. The predicted molar refractivity (Wildman–Crippen MR) is 107 cm³/mol. The molecule has 166 valence electrons. The van der Waals surface area contributed by atoms with Crippen molar-refractivity contribution in [3.8, 4) is 0 Å². The van der Waals surface area contributed by atoms with Crippen molar-refractivity contribution < 1.29 is 24.3 Å². The maximum Gasteiger partial charge on any atom is 0.326 e. The van der Waals surface area contributed by atoms with Crippen LogP contribution in [0.5, 0.6) is 0 Å². The number of carbonyl (C=O) groups excluding carboxylic acids is 3. The molecule has 3 atom stereocenters. The second-order valence-corrected chi connectivity index (χ2v) is 7.07. The van der Waals surface area contributed by atoms with E-state index in [1.54, 1.807) is 0 Å². The number of nitrogens with one attached hydrogen (secondary N) is 5. The molecule has 0 radical (unpaired) electrons. The van der Waals surface area contributed by atoms with Crippen LogP contribution in [-0.4, -0.2) is 66.0 Å². The average Bonchev–Trinajstić information content (AvgIpc) is 2.62. The van der Waals surface area contributed by atoms with E-state index in [0.29, 0.717) is 19.4 Å². The highest BCUT2D eigenvalue weighted by Gasteiger charge is 2.27. The van der Waals surface area contributed by atoms with Crippen LogP contribution in [-0.2, 0) is 19.2 Å². The number of amides is 3. The minimum atomic E-state index is -1.22. The molecule has 0 aliphatic heterocycles. The van der Waals surface area contributed by atoms with Crippen LogP contribution >= 0.6 is 0 Å². The molecule has 0 aliphatic rings. The van der Waals surface area contributed by atoms with Gasteiger partial charge in [0, 0.05) is 6.54 Å². The lowest BCUT2D eigenvalue weighted by Gasteiger charge is -2.23. The summed E-state index contributed by atoms with van der Waals surface area (Å²) >= 11 is 0. The molecule has 0 aromatic rings. The molecular weight excluding hydrogens is 382 g/mol. The maximum absolute atomic E-state index is 12.4. The standard InChI is InChI=1S/C17H33N7O5/c1-9(2)7-12(23-13(25)8-18)15(27)22-10(3)14(26)24-11(16(28)29)5-4-6-21-17(19)20/h9-12H,4-8,18H2,1-3H3,(H,22,27)(H,23,25)(H,24,26)(H,28,29)(H4,19,20,21)/t10-,11-,12-/m0/s1. The van der Waals surface area contributed by atoms with Gasteiger partial charge >= 0.3 is 5.97 Å². The number of rotatable bonds is 13. The third-order valence-corrected chi connectivity index (χ3v) is 3.90. The quantitative estimate of drug-likeness (QED) is 0.0937. The molecule has 0 fully saturated rings. The monoisotopic (exact) mass is 415 g/mol. The van der Waals surface area contributed by atoms with Crippen LogP contribution in [0.3, 0.4) is 0 Å². The molecule has 0 aromatic heterocycles. The first-order valence-corrected chi connectivity index (χ1v) is 9.38. The van der Waals surface area contributed by atoms with E-state index in [0.717, 1.165) is 0 Å². The van der Waals surface area contributed by atoms with Crippen LogP contribution < -0.4 is 32.7 Å². The van der Waals surface area contributed by atoms with Gasteiger partial charge in [-0.15, -0.1) is 0 Å². The molecule has 10 N–H and O–H groups in total. The lowest BCUT2D eigenvalue weighted by molar-refractivity contribution is -0.142. The number of carboxylic acid groups (broad SMARTS) is 1. The van der Waals surface area contributed by atoms with E-state index < -0.39 is 41.8 Å². The Kier molecular flexibility index (Phi) is 12.0. The molecule has 0 heterocycles. The Bertz CT molecular complexity index is 597. The lowest BCUT2D eigenvalue weighted by atomic mass is 10.0. The number of nitrogens with two attached hydrogens (primary N) is 2. The molecule has 0 saturated heterocycles. The number of carbonyl (C=O) groups is 4. The van der Waals surface area contributed by atoms with E-state index in [1.165, 1.54) is 6.92 Å². The molecule has 0 saturated carbocycles. The van der Waals surface area contributed by atoms with Crippen molar-refractivity contribution in [1.82, 2.24) is 21.3 Å². The van der Waals surface area contributed by atoms with Crippen molar-refractivity contribution in [3.63, 3.8) is 0 Å². The predicted octanol–water partition coefficient (Wildman–Crippen LogP) is -2.19. The van der Waals surface area contributed by atoms with Gasteiger partial charge in [0.15, 0.2) is 5.96 Å². The van der Waals surface area contributed by atoms with Crippen LogP contribution in [0.25, 0.3) is 0 Å². The summed E-state index contributed by atoms with van der Waals surface area (Å²) in [5.41, 5.74) is 10.4. The molecule has 3 amide bonds. The van der Waals surface area contributed by atoms with Crippen molar-refractivity contribution >= 4 is 29.7 Å². The van der Waals surface area contributed by atoms with Crippen LogP contribution in [0.15, 0.2) is 0 Å². The van der Waals surface area contributed by atoms with Crippen molar-refractivity contribution in [2.24, 2.45) is 17.4 Å². The second kappa shape index (κ2) is 13.3. The van der Waals surface area contributed by atoms with Gasteiger partial charge in [-0.25, -0.2) is 4.79 Å². The van der Waals surface area contributed by atoms with Gasteiger partial charge in [-0.1, -0.05) is 13.8 Å². The third-order valence-electron chi connectivity index (χ3n) is 3.90. The lowest BCUT2D eigenvalue weighted by Crippen LogP contribution is -2.55. The summed E-state index contributed by atoms with van der Waals surface area (Å²) in [4.78, 5) is 47.6. The second-order valence-electron chi connectivity index (χ2n) is 7.07. The highest BCUT2D eigenvalue weighted by molar-refractivity contribution is 5.93. The van der Waals surface area contributed by atoms with E-state index in [9.17, 15) is 24.3 Å². The average molecular weight is 415 g/mol. The van der Waals surface area contributed by atoms with Crippen LogP contribution in [0.1, 0.15) is 40.0 Å². The normalized spacial score (nSPS) is 13.7. The van der Waals surface area contributed by atoms with Gasteiger partial charge in [-0.3, -0.25) is 19.8 Å².